The van der Waals surface area contributed by atoms with Gasteiger partial charge < -0.3 is 9.88 Å². The van der Waals surface area contributed by atoms with E-state index in [0.29, 0.717) is 19.4 Å². The maximum atomic E-state index is 12.3. The van der Waals surface area contributed by atoms with Gasteiger partial charge >= 0.3 is 0 Å². The monoisotopic (exact) mass is 288 g/mol. The first-order valence-electron chi connectivity index (χ1n) is 7.92. The van der Waals surface area contributed by atoms with Gasteiger partial charge in [-0.1, -0.05) is 25.7 Å². The zero-order chi connectivity index (χ0) is 15.0. The minimum atomic E-state index is -0.777. The maximum Gasteiger partial charge on any atom is 0.240 e. The number of hydrogen-bond acceptors (Lipinski definition) is 3. The first-order chi connectivity index (χ1) is 10.3. The Labute approximate surface area is 126 Å². The van der Waals surface area contributed by atoms with E-state index in [0.717, 1.165) is 45.1 Å². The highest BCUT2D eigenvalue weighted by atomic mass is 16.2. The maximum absolute atomic E-state index is 12.3. The Kier molecular flexibility index (Phi) is 5.79. The number of rotatable bonds is 6. The molecule has 0 unspecified atom stereocenters. The molecule has 1 amide bonds. The summed E-state index contributed by atoms with van der Waals surface area (Å²) in [7, 11) is 0. The van der Waals surface area contributed by atoms with Gasteiger partial charge in [-0.25, -0.2) is 4.98 Å². The van der Waals surface area contributed by atoms with Crippen LogP contribution < -0.4 is 5.32 Å². The predicted octanol–water partition coefficient (Wildman–Crippen LogP) is 2.64. The standard InChI is InChI=1S/C16H24N4O/c17-13-16(7-3-1-2-4-8-16)15(21)19-9-5-6-11-20-12-10-18-14-20/h10,12,14H,1-9,11H2,(H,19,21). The van der Waals surface area contributed by atoms with Crippen molar-refractivity contribution < 1.29 is 4.79 Å². The lowest BCUT2D eigenvalue weighted by Crippen LogP contribution is -2.40. The van der Waals surface area contributed by atoms with Crippen molar-refractivity contribution >= 4 is 5.91 Å². The Balaban J connectivity index is 1.71. The number of carbonyl (C=O) groups is 1. The average Bonchev–Trinajstić information content (AvgIpc) is 2.89. The highest BCUT2D eigenvalue weighted by Gasteiger charge is 2.38. The van der Waals surface area contributed by atoms with Gasteiger partial charge in [0.2, 0.25) is 5.91 Å². The topological polar surface area (TPSA) is 70.7 Å². The van der Waals surface area contributed by atoms with Crippen LogP contribution in [0.3, 0.4) is 0 Å². The van der Waals surface area contributed by atoms with Crippen molar-refractivity contribution in [1.29, 1.82) is 5.26 Å². The van der Waals surface area contributed by atoms with Gasteiger partial charge in [-0.3, -0.25) is 4.79 Å². The Morgan fingerprint density at radius 2 is 2.05 bits per heavy atom. The fourth-order valence-corrected chi connectivity index (χ4v) is 2.93. The molecule has 1 aliphatic carbocycles. The first-order valence-corrected chi connectivity index (χ1v) is 7.92. The van der Waals surface area contributed by atoms with E-state index in [1.807, 2.05) is 10.8 Å². The van der Waals surface area contributed by atoms with Crippen LogP contribution in [-0.4, -0.2) is 22.0 Å². The number of aromatic nitrogens is 2. The van der Waals surface area contributed by atoms with Crippen LogP contribution >= 0.6 is 0 Å². The van der Waals surface area contributed by atoms with Gasteiger partial charge in [-0.2, -0.15) is 5.26 Å². The summed E-state index contributed by atoms with van der Waals surface area (Å²) in [6.45, 7) is 1.57. The molecule has 0 atom stereocenters. The Morgan fingerprint density at radius 3 is 2.67 bits per heavy atom. The lowest BCUT2D eigenvalue weighted by Gasteiger charge is -2.23. The third-order valence-electron chi connectivity index (χ3n) is 4.29. The quantitative estimate of drug-likeness (QED) is 0.646. The van der Waals surface area contributed by atoms with Gasteiger partial charge in [0, 0.05) is 25.5 Å². The summed E-state index contributed by atoms with van der Waals surface area (Å²) in [5.74, 6) is -0.0606. The molecule has 1 N–H and O–H groups in total. The SMILES string of the molecule is N#CC1(C(=O)NCCCCn2ccnc2)CCCCCC1. The van der Waals surface area contributed by atoms with Crippen LogP contribution in [0.5, 0.6) is 0 Å². The Hall–Kier alpha value is -1.83. The molecule has 1 heterocycles. The fourth-order valence-electron chi connectivity index (χ4n) is 2.93. The zero-order valence-electron chi connectivity index (χ0n) is 12.6. The van der Waals surface area contributed by atoms with Crippen molar-refractivity contribution in [3.05, 3.63) is 18.7 Å². The molecular formula is C16H24N4O. The van der Waals surface area contributed by atoms with Crippen molar-refractivity contribution in [2.75, 3.05) is 6.54 Å². The second-order valence-electron chi connectivity index (χ2n) is 5.87. The largest absolute Gasteiger partial charge is 0.355 e. The zero-order valence-corrected chi connectivity index (χ0v) is 12.6. The van der Waals surface area contributed by atoms with E-state index in [1.165, 1.54) is 0 Å². The molecule has 0 spiro atoms. The van der Waals surface area contributed by atoms with E-state index in [1.54, 1.807) is 12.5 Å². The first kappa shape index (κ1) is 15.6. The third-order valence-corrected chi connectivity index (χ3v) is 4.29. The molecular weight excluding hydrogens is 264 g/mol. The molecule has 0 aliphatic heterocycles. The van der Waals surface area contributed by atoms with E-state index in [4.69, 9.17) is 0 Å². The average molecular weight is 288 g/mol. The molecule has 0 saturated heterocycles. The number of aryl methyl sites for hydroxylation is 1. The Bertz CT molecular complexity index is 467. The number of nitriles is 1. The molecule has 114 valence electrons. The Morgan fingerprint density at radius 1 is 1.29 bits per heavy atom. The second-order valence-corrected chi connectivity index (χ2v) is 5.87. The number of carbonyl (C=O) groups excluding carboxylic acids is 1. The van der Waals surface area contributed by atoms with E-state index < -0.39 is 5.41 Å². The van der Waals surface area contributed by atoms with Crippen LogP contribution in [0.1, 0.15) is 51.4 Å². The minimum Gasteiger partial charge on any atom is -0.355 e. The molecule has 1 aliphatic rings. The van der Waals surface area contributed by atoms with Gasteiger partial charge in [0.05, 0.1) is 12.4 Å². The molecule has 2 rings (SSSR count). The molecule has 5 heteroatoms. The van der Waals surface area contributed by atoms with Crippen LogP contribution in [-0.2, 0) is 11.3 Å². The summed E-state index contributed by atoms with van der Waals surface area (Å²) >= 11 is 0. The normalized spacial score (nSPS) is 17.7. The molecule has 0 radical (unpaired) electrons. The number of amides is 1. The van der Waals surface area contributed by atoms with Gasteiger partial charge in [0.1, 0.15) is 5.41 Å². The summed E-state index contributed by atoms with van der Waals surface area (Å²) < 4.78 is 2.03. The smallest absolute Gasteiger partial charge is 0.240 e. The van der Waals surface area contributed by atoms with Gasteiger partial charge in [0.25, 0.3) is 0 Å². The summed E-state index contributed by atoms with van der Waals surface area (Å²) in [6.07, 6.45) is 13.1. The number of nitrogens with zero attached hydrogens (tertiary/aromatic N) is 3. The van der Waals surface area contributed by atoms with E-state index in [-0.39, 0.29) is 5.91 Å². The van der Waals surface area contributed by atoms with Gasteiger partial charge in [0.15, 0.2) is 0 Å². The van der Waals surface area contributed by atoms with Crippen LogP contribution in [0, 0.1) is 16.7 Å². The van der Waals surface area contributed by atoms with Crippen molar-refractivity contribution in [2.24, 2.45) is 5.41 Å². The third kappa shape index (κ3) is 4.32. The van der Waals surface area contributed by atoms with E-state index in [2.05, 4.69) is 16.4 Å². The molecule has 1 fully saturated rings. The van der Waals surface area contributed by atoms with Crippen LogP contribution in [0.2, 0.25) is 0 Å². The predicted molar refractivity (Wildman–Crippen MR) is 80.2 cm³/mol. The number of imidazole rings is 1. The second kappa shape index (κ2) is 7.82. The fraction of sp³-hybridized carbons (Fsp3) is 0.688. The molecule has 21 heavy (non-hydrogen) atoms. The van der Waals surface area contributed by atoms with Crippen LogP contribution in [0.25, 0.3) is 0 Å². The summed E-state index contributed by atoms with van der Waals surface area (Å²) in [4.78, 5) is 16.3. The van der Waals surface area contributed by atoms with Crippen molar-refractivity contribution in [2.45, 2.75) is 57.9 Å². The summed E-state index contributed by atoms with van der Waals surface area (Å²) in [6, 6.07) is 2.30. The molecule has 0 aromatic carbocycles. The van der Waals surface area contributed by atoms with Gasteiger partial charge in [-0.05, 0) is 25.7 Å². The number of nitrogens with one attached hydrogen (secondary N) is 1. The minimum absolute atomic E-state index is 0.0606. The van der Waals surface area contributed by atoms with Crippen LogP contribution in [0.15, 0.2) is 18.7 Å². The van der Waals surface area contributed by atoms with E-state index in [9.17, 15) is 10.1 Å². The van der Waals surface area contributed by atoms with E-state index >= 15 is 0 Å². The summed E-state index contributed by atoms with van der Waals surface area (Å²) in [5, 5.41) is 12.4. The molecule has 5 nitrogen and oxygen atoms in total. The number of unbranched alkanes of at least 4 members (excludes halogenated alkanes) is 1. The van der Waals surface area contributed by atoms with Crippen LogP contribution in [0.4, 0.5) is 0 Å². The summed E-state index contributed by atoms with van der Waals surface area (Å²) in [5.41, 5.74) is -0.777. The molecule has 1 saturated carbocycles. The van der Waals surface area contributed by atoms with Crippen molar-refractivity contribution in [3.8, 4) is 6.07 Å². The molecule has 1 aromatic heterocycles. The van der Waals surface area contributed by atoms with Crippen molar-refractivity contribution in [3.63, 3.8) is 0 Å². The van der Waals surface area contributed by atoms with Crippen molar-refractivity contribution in [1.82, 2.24) is 14.9 Å². The highest BCUT2D eigenvalue weighted by Crippen LogP contribution is 2.34. The molecule has 1 aromatic rings. The lowest BCUT2D eigenvalue weighted by atomic mass is 9.81. The number of hydrogen-bond donors (Lipinski definition) is 1. The lowest BCUT2D eigenvalue weighted by molar-refractivity contribution is -0.128. The van der Waals surface area contributed by atoms with Gasteiger partial charge in [-0.15, -0.1) is 0 Å². The highest BCUT2D eigenvalue weighted by molar-refractivity contribution is 5.85. The molecule has 0 bridgehead atoms.